The fourth-order valence-corrected chi connectivity index (χ4v) is 6.04. The molecule has 38 heavy (non-hydrogen) atoms. The van der Waals surface area contributed by atoms with Crippen LogP contribution in [0.1, 0.15) is 43.7 Å². The van der Waals surface area contributed by atoms with Crippen molar-refractivity contribution in [3.05, 3.63) is 65.7 Å². The van der Waals surface area contributed by atoms with Gasteiger partial charge in [0.25, 0.3) is 0 Å². The number of hydrogen-bond donors (Lipinski definition) is 3. The number of carbonyl (C=O) groups excluding carboxylic acids is 2. The van der Waals surface area contributed by atoms with E-state index < -0.39 is 34.0 Å². The molecule has 0 bridgehead atoms. The second-order valence-electron chi connectivity index (χ2n) is 9.35. The van der Waals surface area contributed by atoms with Gasteiger partial charge >= 0.3 is 5.97 Å². The molecule has 3 rings (SSSR count). The largest absolute Gasteiger partial charge is 0.480 e. The number of nitrogens with zero attached hydrogens (tertiary/aromatic N) is 2. The molecule has 1 fully saturated rings. The van der Waals surface area contributed by atoms with Crippen LogP contribution in [0, 0.1) is 0 Å². The quantitative estimate of drug-likeness (QED) is 0.198. The summed E-state index contributed by atoms with van der Waals surface area (Å²) in [6.45, 7) is 2.39. The van der Waals surface area contributed by atoms with Gasteiger partial charge in [-0.05, 0) is 49.4 Å². The lowest BCUT2D eigenvalue weighted by Crippen LogP contribution is -2.51. The van der Waals surface area contributed by atoms with Gasteiger partial charge in [0.1, 0.15) is 17.9 Å². The lowest BCUT2D eigenvalue weighted by atomic mass is 10.0. The van der Waals surface area contributed by atoms with Crippen LogP contribution in [0.5, 0.6) is 0 Å². The minimum Gasteiger partial charge on any atom is -0.480 e. The lowest BCUT2D eigenvalue weighted by Gasteiger charge is -2.25. The van der Waals surface area contributed by atoms with Gasteiger partial charge in [-0.1, -0.05) is 42.5 Å². The first kappa shape index (κ1) is 29.0. The second-order valence-corrected chi connectivity index (χ2v) is 11.2. The molecule has 1 saturated heterocycles. The van der Waals surface area contributed by atoms with E-state index in [0.29, 0.717) is 43.6 Å². The number of nitrogens with two attached hydrogens (primary N) is 1. The average Bonchev–Trinajstić information content (AvgIpc) is 3.39. The molecule has 1 aliphatic rings. The highest BCUT2D eigenvalue weighted by Gasteiger charge is 2.40. The molecule has 11 heteroatoms. The first-order valence-corrected chi connectivity index (χ1v) is 14.0. The number of sulfonamides is 1. The summed E-state index contributed by atoms with van der Waals surface area (Å²) in [6, 6.07) is 12.6. The van der Waals surface area contributed by atoms with Crippen molar-refractivity contribution in [2.75, 3.05) is 13.1 Å². The Balaban J connectivity index is 1.59. The summed E-state index contributed by atoms with van der Waals surface area (Å²) in [6.07, 6.45) is 2.11. The van der Waals surface area contributed by atoms with Gasteiger partial charge in [0.05, 0.1) is 10.7 Å². The van der Waals surface area contributed by atoms with E-state index in [1.165, 1.54) is 12.1 Å². The SMILES string of the molecule is CC(N)=NCCCC(=O)Cc1ccc(CC(NC(=O)C2CCCN2S(=O)(=O)c2ccccc2)C(=O)O)cc1. The van der Waals surface area contributed by atoms with Crippen LogP contribution in [0.15, 0.2) is 64.5 Å². The van der Waals surface area contributed by atoms with E-state index >= 15 is 0 Å². The standard InChI is InChI=1S/C27H34N4O6S/c1-19(28)29-15-5-7-22(32)17-20-11-13-21(14-12-20)18-24(27(34)35)30-26(33)25-10-6-16-31(25)38(36,37)23-8-3-2-4-9-23/h2-4,8-9,11-14,24-25H,5-7,10,15-18H2,1H3,(H2,28,29)(H,30,33)(H,34,35). The van der Waals surface area contributed by atoms with Crippen molar-refractivity contribution in [3.8, 4) is 0 Å². The van der Waals surface area contributed by atoms with Crippen LogP contribution in [0.4, 0.5) is 0 Å². The zero-order valence-corrected chi connectivity index (χ0v) is 22.2. The first-order valence-electron chi connectivity index (χ1n) is 12.5. The minimum absolute atomic E-state index is 0.0178. The predicted molar refractivity (Wildman–Crippen MR) is 143 cm³/mol. The lowest BCUT2D eigenvalue weighted by molar-refractivity contribution is -0.142. The Labute approximate surface area is 223 Å². The monoisotopic (exact) mass is 542 g/mol. The minimum atomic E-state index is -3.89. The highest BCUT2D eigenvalue weighted by atomic mass is 32.2. The molecule has 10 nitrogen and oxygen atoms in total. The molecule has 2 atom stereocenters. The number of benzene rings is 2. The van der Waals surface area contributed by atoms with E-state index in [4.69, 9.17) is 5.73 Å². The van der Waals surface area contributed by atoms with Gasteiger partial charge in [0.15, 0.2) is 0 Å². The summed E-state index contributed by atoms with van der Waals surface area (Å²) in [7, 11) is -3.89. The summed E-state index contributed by atoms with van der Waals surface area (Å²) >= 11 is 0. The van der Waals surface area contributed by atoms with Crippen LogP contribution in [-0.2, 0) is 37.2 Å². The topological polar surface area (TPSA) is 159 Å². The number of aliphatic carboxylic acids is 1. The molecule has 0 aliphatic carbocycles. The number of ketones is 1. The summed E-state index contributed by atoms with van der Waals surface area (Å²) in [4.78, 5) is 41.3. The molecule has 2 aromatic rings. The average molecular weight is 543 g/mol. The number of aliphatic imine (C=N–C) groups is 1. The number of Topliss-reactive ketones (excluding diaryl/α,β-unsaturated/α-hetero) is 1. The molecule has 2 unspecified atom stereocenters. The van der Waals surface area contributed by atoms with Crippen molar-refractivity contribution in [2.45, 2.75) is 62.4 Å². The first-order chi connectivity index (χ1) is 18.1. The van der Waals surface area contributed by atoms with Gasteiger partial charge in [-0.15, -0.1) is 0 Å². The van der Waals surface area contributed by atoms with Gasteiger partial charge < -0.3 is 16.2 Å². The van der Waals surface area contributed by atoms with Gasteiger partial charge in [-0.2, -0.15) is 4.31 Å². The zero-order valence-electron chi connectivity index (χ0n) is 21.4. The van der Waals surface area contributed by atoms with Crippen LogP contribution in [0.2, 0.25) is 0 Å². The number of carboxylic acid groups (broad SMARTS) is 1. The summed E-state index contributed by atoms with van der Waals surface area (Å²) in [5.41, 5.74) is 6.96. The van der Waals surface area contributed by atoms with E-state index in [1.807, 2.05) is 0 Å². The Morgan fingerprint density at radius 3 is 2.39 bits per heavy atom. The van der Waals surface area contributed by atoms with E-state index in [-0.39, 0.29) is 30.1 Å². The Morgan fingerprint density at radius 1 is 1.11 bits per heavy atom. The smallest absolute Gasteiger partial charge is 0.326 e. The molecular formula is C27H34N4O6S. The molecule has 1 heterocycles. The summed E-state index contributed by atoms with van der Waals surface area (Å²) < 4.78 is 27.3. The number of hydrogen-bond acceptors (Lipinski definition) is 6. The summed E-state index contributed by atoms with van der Waals surface area (Å²) in [5, 5.41) is 12.3. The Morgan fingerprint density at radius 2 is 1.76 bits per heavy atom. The van der Waals surface area contributed by atoms with Crippen LogP contribution in [0.3, 0.4) is 0 Å². The third kappa shape index (κ3) is 7.96. The molecule has 4 N–H and O–H groups in total. The van der Waals surface area contributed by atoms with Crippen molar-refractivity contribution in [3.63, 3.8) is 0 Å². The van der Waals surface area contributed by atoms with Crippen LogP contribution in [0.25, 0.3) is 0 Å². The molecule has 2 aromatic carbocycles. The van der Waals surface area contributed by atoms with E-state index in [2.05, 4.69) is 10.3 Å². The Bertz CT molecular complexity index is 1260. The highest BCUT2D eigenvalue weighted by molar-refractivity contribution is 7.89. The van der Waals surface area contributed by atoms with Crippen molar-refractivity contribution in [2.24, 2.45) is 10.7 Å². The van der Waals surface area contributed by atoms with Crippen molar-refractivity contribution < 1.29 is 27.9 Å². The molecule has 0 spiro atoms. The zero-order chi connectivity index (χ0) is 27.7. The van der Waals surface area contributed by atoms with Gasteiger partial charge in [-0.3, -0.25) is 14.6 Å². The van der Waals surface area contributed by atoms with E-state index in [1.54, 1.807) is 49.4 Å². The molecule has 1 amide bonds. The molecule has 1 aliphatic heterocycles. The fourth-order valence-electron chi connectivity index (χ4n) is 4.36. The highest BCUT2D eigenvalue weighted by Crippen LogP contribution is 2.26. The maximum absolute atomic E-state index is 13.1. The Kier molecular flexibility index (Phi) is 10.1. The third-order valence-electron chi connectivity index (χ3n) is 6.31. The second kappa shape index (κ2) is 13.3. The van der Waals surface area contributed by atoms with Crippen molar-refractivity contribution >= 4 is 33.5 Å². The molecule has 0 aromatic heterocycles. The molecule has 204 valence electrons. The summed E-state index contributed by atoms with van der Waals surface area (Å²) in [5.74, 6) is -1.29. The maximum atomic E-state index is 13.1. The van der Waals surface area contributed by atoms with E-state index in [9.17, 15) is 27.9 Å². The number of nitrogens with one attached hydrogen (secondary N) is 1. The number of amides is 1. The van der Waals surface area contributed by atoms with Crippen LogP contribution >= 0.6 is 0 Å². The molecule has 0 radical (unpaired) electrons. The van der Waals surface area contributed by atoms with E-state index in [0.717, 1.165) is 9.87 Å². The van der Waals surface area contributed by atoms with Gasteiger partial charge in [0.2, 0.25) is 15.9 Å². The molecular weight excluding hydrogens is 508 g/mol. The van der Waals surface area contributed by atoms with Gasteiger partial charge in [-0.25, -0.2) is 13.2 Å². The van der Waals surface area contributed by atoms with Crippen molar-refractivity contribution in [1.82, 2.24) is 9.62 Å². The van der Waals surface area contributed by atoms with Gasteiger partial charge in [0, 0.05) is 32.4 Å². The maximum Gasteiger partial charge on any atom is 0.326 e. The van der Waals surface area contributed by atoms with Crippen LogP contribution < -0.4 is 11.1 Å². The Hall–Kier alpha value is -3.57. The normalized spacial score (nSPS) is 17.2. The fraction of sp³-hybridized carbons (Fsp3) is 0.407. The number of rotatable bonds is 13. The third-order valence-corrected chi connectivity index (χ3v) is 8.23. The number of carboxylic acids is 1. The number of carbonyl (C=O) groups is 3. The van der Waals surface area contributed by atoms with Crippen molar-refractivity contribution in [1.29, 1.82) is 0 Å². The predicted octanol–water partition coefficient (Wildman–Crippen LogP) is 1.92. The molecule has 0 saturated carbocycles. The van der Waals surface area contributed by atoms with Crippen LogP contribution in [-0.4, -0.2) is 66.5 Å². The number of amidine groups is 1.